The normalized spacial score (nSPS) is 11.2. The van der Waals surface area contributed by atoms with E-state index in [1.807, 2.05) is 30.3 Å². The van der Waals surface area contributed by atoms with Crippen LogP contribution in [0.4, 0.5) is 0 Å². The molecule has 0 aliphatic rings. The van der Waals surface area contributed by atoms with Crippen molar-refractivity contribution in [3.8, 4) is 17.1 Å². The van der Waals surface area contributed by atoms with Gasteiger partial charge in [-0.2, -0.15) is 0 Å². The first-order valence-corrected chi connectivity index (χ1v) is 9.46. The highest BCUT2D eigenvalue weighted by Gasteiger charge is 2.23. The zero-order chi connectivity index (χ0) is 22.3. The number of carboxylic acid groups (broad SMARTS) is 2. The Bertz CT molecular complexity index is 1410. The molecule has 2 aromatic heterocycles. The van der Waals surface area contributed by atoms with Gasteiger partial charge in [0.05, 0.1) is 18.9 Å². The van der Waals surface area contributed by atoms with E-state index in [4.69, 9.17) is 14.3 Å². The summed E-state index contributed by atoms with van der Waals surface area (Å²) in [5.41, 5.74) is 0.888. The third kappa shape index (κ3) is 3.63. The van der Waals surface area contributed by atoms with Crippen molar-refractivity contribution in [3.05, 3.63) is 64.1 Å². The smallest absolute Gasteiger partial charge is 0.323 e. The van der Waals surface area contributed by atoms with Crippen LogP contribution in [0, 0.1) is 6.92 Å². The fraction of sp³-hybridized carbons (Fsp3) is 0.174. The van der Waals surface area contributed by atoms with E-state index < -0.39 is 30.5 Å². The number of hydrogen-bond donors (Lipinski definition) is 2. The van der Waals surface area contributed by atoms with Crippen LogP contribution in [0.2, 0.25) is 0 Å². The number of aryl methyl sites for hydroxylation is 1. The van der Waals surface area contributed by atoms with Gasteiger partial charge < -0.3 is 23.9 Å². The lowest BCUT2D eigenvalue weighted by molar-refractivity contribution is -0.138. The highest BCUT2D eigenvalue weighted by molar-refractivity contribution is 5.94. The predicted molar refractivity (Wildman–Crippen MR) is 114 cm³/mol. The van der Waals surface area contributed by atoms with Crippen LogP contribution in [-0.4, -0.2) is 33.8 Å². The van der Waals surface area contributed by atoms with Crippen LogP contribution in [0.25, 0.3) is 33.1 Å². The van der Waals surface area contributed by atoms with E-state index in [1.165, 1.54) is 0 Å². The highest BCUT2D eigenvalue weighted by atomic mass is 16.5. The molecule has 0 unspecified atom stereocenters. The number of rotatable bonds is 6. The summed E-state index contributed by atoms with van der Waals surface area (Å²) < 4.78 is 12.3. The maximum absolute atomic E-state index is 13.0. The summed E-state index contributed by atoms with van der Waals surface area (Å²) in [5, 5.41) is 20.5. The summed E-state index contributed by atoms with van der Waals surface area (Å²) >= 11 is 0. The molecule has 4 rings (SSSR count). The van der Waals surface area contributed by atoms with Crippen molar-refractivity contribution in [2.24, 2.45) is 0 Å². The molecule has 0 saturated carbocycles. The van der Waals surface area contributed by atoms with E-state index in [0.717, 1.165) is 15.3 Å². The molecule has 0 amide bonds. The Morgan fingerprint density at radius 2 is 1.74 bits per heavy atom. The largest absolute Gasteiger partial charge is 0.497 e. The van der Waals surface area contributed by atoms with Crippen LogP contribution >= 0.6 is 0 Å². The zero-order valence-corrected chi connectivity index (χ0v) is 16.8. The fourth-order valence-electron chi connectivity index (χ4n) is 3.76. The molecule has 0 aliphatic carbocycles. The van der Waals surface area contributed by atoms with Crippen molar-refractivity contribution in [2.75, 3.05) is 7.11 Å². The van der Waals surface area contributed by atoms with Crippen molar-refractivity contribution in [2.45, 2.75) is 19.9 Å². The molecule has 2 aromatic carbocycles. The topological polar surface area (TPSA) is 119 Å². The van der Waals surface area contributed by atoms with Gasteiger partial charge in [0.2, 0.25) is 0 Å². The summed E-state index contributed by atoms with van der Waals surface area (Å²) in [6.07, 6.45) is -0.436. The van der Waals surface area contributed by atoms with Gasteiger partial charge in [-0.25, -0.2) is 0 Å². The lowest BCUT2D eigenvalue weighted by atomic mass is 10.0. The Balaban J connectivity index is 1.98. The van der Waals surface area contributed by atoms with E-state index in [9.17, 15) is 19.5 Å². The molecular formula is C23H19NO7. The van der Waals surface area contributed by atoms with Gasteiger partial charge in [0.1, 0.15) is 23.6 Å². The average molecular weight is 421 g/mol. The molecule has 8 heteroatoms. The summed E-state index contributed by atoms with van der Waals surface area (Å²) in [7, 11) is 1.58. The van der Waals surface area contributed by atoms with Crippen LogP contribution in [0.15, 0.2) is 51.7 Å². The van der Waals surface area contributed by atoms with Gasteiger partial charge in [-0.05, 0) is 35.9 Å². The van der Waals surface area contributed by atoms with E-state index in [0.29, 0.717) is 17.0 Å². The molecule has 2 heterocycles. The van der Waals surface area contributed by atoms with Crippen molar-refractivity contribution in [3.63, 3.8) is 0 Å². The van der Waals surface area contributed by atoms with Crippen LogP contribution in [0.1, 0.15) is 11.3 Å². The van der Waals surface area contributed by atoms with Crippen LogP contribution in [0.3, 0.4) is 0 Å². The maximum Gasteiger partial charge on any atom is 0.323 e. The number of furan rings is 1. The Hall–Kier alpha value is -4.07. The molecule has 0 saturated heterocycles. The molecule has 158 valence electrons. The second-order valence-corrected chi connectivity index (χ2v) is 7.22. The van der Waals surface area contributed by atoms with E-state index in [2.05, 4.69) is 0 Å². The Morgan fingerprint density at radius 3 is 2.42 bits per heavy atom. The fourth-order valence-corrected chi connectivity index (χ4v) is 3.76. The molecule has 0 spiro atoms. The summed E-state index contributed by atoms with van der Waals surface area (Å²) in [6, 6.07) is 12.6. The molecular weight excluding hydrogens is 402 g/mol. The number of ether oxygens (including phenoxy) is 1. The average Bonchev–Trinajstić information content (AvgIpc) is 3.07. The van der Waals surface area contributed by atoms with Crippen LogP contribution < -0.4 is 10.3 Å². The summed E-state index contributed by atoms with van der Waals surface area (Å²) in [6.45, 7) is 1.08. The van der Waals surface area contributed by atoms with Crippen molar-refractivity contribution >= 4 is 33.7 Å². The summed E-state index contributed by atoms with van der Waals surface area (Å²) in [5.74, 6) is -1.30. The molecule has 2 N–H and O–H groups in total. The minimum Gasteiger partial charge on any atom is -0.497 e. The first kappa shape index (κ1) is 20.2. The third-order valence-electron chi connectivity index (χ3n) is 5.19. The van der Waals surface area contributed by atoms with Gasteiger partial charge in [0.15, 0.2) is 0 Å². The first-order valence-electron chi connectivity index (χ1n) is 9.46. The van der Waals surface area contributed by atoms with Crippen LogP contribution in [-0.2, 0) is 22.6 Å². The van der Waals surface area contributed by atoms with Gasteiger partial charge in [0.25, 0.3) is 5.56 Å². The number of carboxylic acids is 2. The summed E-state index contributed by atoms with van der Waals surface area (Å²) in [4.78, 5) is 35.8. The van der Waals surface area contributed by atoms with Crippen molar-refractivity contribution in [1.82, 2.24) is 4.57 Å². The predicted octanol–water partition coefficient (Wildman–Crippen LogP) is 3.44. The molecule has 0 fully saturated rings. The minimum atomic E-state index is -1.17. The Labute approximate surface area is 175 Å². The number of carbonyl (C=O) groups is 2. The monoisotopic (exact) mass is 421 g/mol. The van der Waals surface area contributed by atoms with Gasteiger partial charge in [-0.3, -0.25) is 14.4 Å². The number of hydrogen-bond acceptors (Lipinski definition) is 5. The van der Waals surface area contributed by atoms with Crippen molar-refractivity contribution < 1.29 is 29.0 Å². The highest BCUT2D eigenvalue weighted by Crippen LogP contribution is 2.35. The molecule has 4 aromatic rings. The van der Waals surface area contributed by atoms with Gasteiger partial charge in [-0.15, -0.1) is 0 Å². The minimum absolute atomic E-state index is 0.0825. The number of benzene rings is 2. The standard InChI is InChI=1S/C23H19NO7/c1-12-7-18-21(23(29)24(12)11-20(27)28)17(10-19(25)26)22(31-18)15-4-3-14-9-16(30-2)6-5-13(14)8-15/h3-9H,10-11H2,1-2H3,(H,25,26)(H,27,28). The number of aromatic nitrogens is 1. The van der Waals surface area contributed by atoms with Gasteiger partial charge in [0, 0.05) is 22.9 Å². The quantitative estimate of drug-likeness (QED) is 0.489. The first-order chi connectivity index (χ1) is 14.8. The van der Waals surface area contributed by atoms with E-state index in [-0.39, 0.29) is 22.3 Å². The van der Waals surface area contributed by atoms with Crippen LogP contribution in [0.5, 0.6) is 5.75 Å². The van der Waals surface area contributed by atoms with Gasteiger partial charge in [-0.1, -0.05) is 18.2 Å². The SMILES string of the molecule is COc1ccc2cc(-c3oc4cc(C)n(CC(=O)O)c(=O)c4c3CC(=O)O)ccc2c1. The molecule has 0 bridgehead atoms. The Morgan fingerprint density at radius 1 is 1.03 bits per heavy atom. The Kier molecular flexibility index (Phi) is 4.98. The molecule has 0 aliphatic heterocycles. The van der Waals surface area contributed by atoms with Crippen molar-refractivity contribution in [1.29, 1.82) is 0 Å². The second-order valence-electron chi connectivity index (χ2n) is 7.22. The molecule has 31 heavy (non-hydrogen) atoms. The number of fused-ring (bicyclic) bond motifs is 2. The number of methoxy groups -OCH3 is 1. The van der Waals surface area contributed by atoms with E-state index >= 15 is 0 Å². The lowest BCUT2D eigenvalue weighted by Gasteiger charge is -2.07. The number of nitrogens with zero attached hydrogens (tertiary/aromatic N) is 1. The van der Waals surface area contributed by atoms with Gasteiger partial charge >= 0.3 is 11.9 Å². The van der Waals surface area contributed by atoms with E-state index in [1.54, 1.807) is 26.2 Å². The third-order valence-corrected chi connectivity index (χ3v) is 5.19. The lowest BCUT2D eigenvalue weighted by Crippen LogP contribution is -2.26. The number of aliphatic carboxylic acids is 2. The maximum atomic E-state index is 13.0. The molecule has 0 atom stereocenters. The molecule has 0 radical (unpaired) electrons. The molecule has 8 nitrogen and oxygen atoms in total. The number of pyridine rings is 1. The zero-order valence-electron chi connectivity index (χ0n) is 16.8. The second kappa shape index (κ2) is 7.64.